The van der Waals surface area contributed by atoms with Crippen LogP contribution >= 0.6 is 0 Å². The summed E-state index contributed by atoms with van der Waals surface area (Å²) in [7, 11) is 0. The van der Waals surface area contributed by atoms with Gasteiger partial charge in [-0.3, -0.25) is 4.79 Å². The van der Waals surface area contributed by atoms with E-state index in [1.165, 1.54) is 0 Å². The molecule has 0 aliphatic rings. The third-order valence-electron chi connectivity index (χ3n) is 2.19. The molecule has 0 heterocycles. The first-order valence-corrected chi connectivity index (χ1v) is 5.68. The lowest BCUT2D eigenvalue weighted by Crippen LogP contribution is -2.23. The fraction of sp³-hybridized carbons (Fsp3) is 0.357. The van der Waals surface area contributed by atoms with Gasteiger partial charge >= 0.3 is 0 Å². The lowest BCUT2D eigenvalue weighted by atomic mass is 10.1. The number of allylic oxidation sites excluding steroid dienone is 1. The van der Waals surface area contributed by atoms with Crippen molar-refractivity contribution in [3.63, 3.8) is 0 Å². The topological polar surface area (TPSA) is 29.1 Å². The molecule has 0 spiro atoms. The molecule has 1 N–H and O–H groups in total. The average molecular weight is 217 g/mol. The molecule has 0 bridgehead atoms. The Balaban J connectivity index is 2.29. The van der Waals surface area contributed by atoms with E-state index in [0.717, 1.165) is 6.42 Å². The van der Waals surface area contributed by atoms with Crippen molar-refractivity contribution in [1.82, 2.24) is 5.32 Å². The molecule has 1 aromatic carbocycles. The molecule has 2 nitrogen and oxygen atoms in total. The first-order valence-electron chi connectivity index (χ1n) is 5.68. The minimum atomic E-state index is -0.0187. The van der Waals surface area contributed by atoms with Crippen molar-refractivity contribution in [2.75, 3.05) is 6.54 Å². The summed E-state index contributed by atoms with van der Waals surface area (Å²) in [5.74, 6) is 0.649. The largest absolute Gasteiger partial charge is 0.349 e. The number of carbonyl (C=O) groups is 1. The summed E-state index contributed by atoms with van der Waals surface area (Å²) in [6.07, 6.45) is 5.16. The highest BCUT2D eigenvalue weighted by Crippen LogP contribution is 2.00. The fourth-order valence-electron chi connectivity index (χ4n) is 1.29. The first kappa shape index (κ1) is 12.5. The van der Waals surface area contributed by atoms with Gasteiger partial charge in [0.25, 0.3) is 5.91 Å². The van der Waals surface area contributed by atoms with Crippen molar-refractivity contribution >= 4 is 5.91 Å². The van der Waals surface area contributed by atoms with Crippen LogP contribution in [-0.4, -0.2) is 12.5 Å². The molecule has 16 heavy (non-hydrogen) atoms. The second kappa shape index (κ2) is 6.83. The van der Waals surface area contributed by atoms with Gasteiger partial charge in [0.15, 0.2) is 0 Å². The second-order valence-electron chi connectivity index (χ2n) is 4.18. The molecule has 0 aliphatic heterocycles. The third kappa shape index (κ3) is 4.78. The van der Waals surface area contributed by atoms with Crippen LogP contribution in [0.3, 0.4) is 0 Å². The summed E-state index contributed by atoms with van der Waals surface area (Å²) in [6, 6.07) is 9.26. The Bertz CT molecular complexity index is 341. The van der Waals surface area contributed by atoms with Gasteiger partial charge in [0.2, 0.25) is 0 Å². The Morgan fingerprint density at radius 1 is 1.25 bits per heavy atom. The molecule has 0 aromatic heterocycles. The molecule has 0 saturated carbocycles. The Hall–Kier alpha value is -1.57. The number of benzene rings is 1. The van der Waals surface area contributed by atoms with E-state index >= 15 is 0 Å². The van der Waals surface area contributed by atoms with Gasteiger partial charge in [-0.2, -0.15) is 0 Å². The number of hydrogen-bond acceptors (Lipinski definition) is 1. The highest BCUT2D eigenvalue weighted by molar-refractivity contribution is 5.94. The number of carbonyl (C=O) groups excluding carboxylic acids is 1. The summed E-state index contributed by atoms with van der Waals surface area (Å²) in [6.45, 7) is 4.94. The molecule has 0 unspecified atom stereocenters. The molecule has 0 atom stereocenters. The van der Waals surface area contributed by atoms with E-state index in [-0.39, 0.29) is 5.91 Å². The molecule has 1 rings (SSSR count). The number of hydrogen-bond donors (Lipinski definition) is 1. The van der Waals surface area contributed by atoms with Crippen molar-refractivity contribution in [1.29, 1.82) is 0 Å². The lowest BCUT2D eigenvalue weighted by molar-refractivity contribution is 0.0958. The van der Waals surface area contributed by atoms with Crippen LogP contribution in [0.25, 0.3) is 0 Å². The maximum atomic E-state index is 11.6. The Kier molecular flexibility index (Phi) is 5.34. The smallest absolute Gasteiger partial charge is 0.251 e. The van der Waals surface area contributed by atoms with Gasteiger partial charge in [0.05, 0.1) is 0 Å². The minimum absolute atomic E-state index is 0.0187. The van der Waals surface area contributed by atoms with Gasteiger partial charge in [-0.15, -0.1) is 0 Å². The van der Waals surface area contributed by atoms with E-state index in [4.69, 9.17) is 0 Å². The number of nitrogens with one attached hydrogen (secondary N) is 1. The average Bonchev–Trinajstić information content (AvgIpc) is 2.29. The monoisotopic (exact) mass is 217 g/mol. The fourth-order valence-corrected chi connectivity index (χ4v) is 1.29. The van der Waals surface area contributed by atoms with Crippen LogP contribution in [0.15, 0.2) is 42.5 Å². The summed E-state index contributed by atoms with van der Waals surface area (Å²) >= 11 is 0. The number of amides is 1. The molecule has 0 aliphatic carbocycles. The molecule has 1 aromatic rings. The zero-order chi connectivity index (χ0) is 11.8. The van der Waals surface area contributed by atoms with E-state index in [2.05, 4.69) is 25.2 Å². The number of rotatable bonds is 5. The van der Waals surface area contributed by atoms with Crippen LogP contribution in [-0.2, 0) is 0 Å². The molecule has 2 heteroatoms. The van der Waals surface area contributed by atoms with Crippen LogP contribution < -0.4 is 5.32 Å². The maximum absolute atomic E-state index is 11.6. The summed E-state index contributed by atoms with van der Waals surface area (Å²) in [4.78, 5) is 11.6. The Labute approximate surface area is 97.4 Å². The first-order chi connectivity index (χ1) is 7.70. The van der Waals surface area contributed by atoms with Crippen molar-refractivity contribution in [3.05, 3.63) is 48.0 Å². The van der Waals surface area contributed by atoms with Crippen molar-refractivity contribution in [2.45, 2.75) is 20.3 Å². The molecule has 1 amide bonds. The predicted molar refractivity (Wildman–Crippen MR) is 67.4 cm³/mol. The molecular weight excluding hydrogens is 198 g/mol. The minimum Gasteiger partial charge on any atom is -0.349 e. The maximum Gasteiger partial charge on any atom is 0.251 e. The van der Waals surface area contributed by atoms with Crippen LogP contribution in [0.1, 0.15) is 30.6 Å². The molecular formula is C14H19NO. The van der Waals surface area contributed by atoms with Gasteiger partial charge in [-0.1, -0.05) is 44.2 Å². The van der Waals surface area contributed by atoms with E-state index in [9.17, 15) is 4.79 Å². The highest BCUT2D eigenvalue weighted by atomic mass is 16.1. The van der Waals surface area contributed by atoms with Crippen molar-refractivity contribution < 1.29 is 4.79 Å². The van der Waals surface area contributed by atoms with Gasteiger partial charge in [0, 0.05) is 12.1 Å². The van der Waals surface area contributed by atoms with Gasteiger partial charge in [0.1, 0.15) is 0 Å². The summed E-state index contributed by atoms with van der Waals surface area (Å²) < 4.78 is 0. The van der Waals surface area contributed by atoms with Crippen LogP contribution in [0.2, 0.25) is 0 Å². The summed E-state index contributed by atoms with van der Waals surface area (Å²) in [5.41, 5.74) is 0.708. The highest BCUT2D eigenvalue weighted by Gasteiger charge is 2.00. The zero-order valence-corrected chi connectivity index (χ0v) is 9.94. The lowest BCUT2D eigenvalue weighted by Gasteiger charge is -2.02. The Morgan fingerprint density at radius 2 is 1.94 bits per heavy atom. The normalized spacial score (nSPS) is 10.9. The van der Waals surface area contributed by atoms with E-state index in [0.29, 0.717) is 18.0 Å². The van der Waals surface area contributed by atoms with Gasteiger partial charge in [-0.25, -0.2) is 0 Å². The van der Waals surface area contributed by atoms with Crippen molar-refractivity contribution in [3.8, 4) is 0 Å². The molecule has 86 valence electrons. The van der Waals surface area contributed by atoms with Gasteiger partial charge < -0.3 is 5.32 Å². The van der Waals surface area contributed by atoms with Crippen LogP contribution in [0, 0.1) is 5.92 Å². The summed E-state index contributed by atoms with van der Waals surface area (Å²) in [5, 5.41) is 2.85. The predicted octanol–water partition coefficient (Wildman–Crippen LogP) is 3.02. The van der Waals surface area contributed by atoms with Gasteiger partial charge in [-0.05, 0) is 24.5 Å². The zero-order valence-electron chi connectivity index (χ0n) is 9.94. The SMILES string of the molecule is CC(C)C/C=C/CNC(=O)c1ccccc1. The van der Waals surface area contributed by atoms with Crippen LogP contribution in [0.4, 0.5) is 0 Å². The van der Waals surface area contributed by atoms with E-state index in [1.54, 1.807) is 0 Å². The Morgan fingerprint density at radius 3 is 2.56 bits per heavy atom. The van der Waals surface area contributed by atoms with E-state index in [1.807, 2.05) is 36.4 Å². The third-order valence-corrected chi connectivity index (χ3v) is 2.19. The molecule has 0 radical (unpaired) electrons. The standard InChI is InChI=1S/C14H19NO/c1-12(2)8-6-7-11-15-14(16)13-9-4-3-5-10-13/h3-7,9-10,12H,8,11H2,1-2H3,(H,15,16)/b7-6+. The second-order valence-corrected chi connectivity index (χ2v) is 4.18. The molecule has 0 saturated heterocycles. The van der Waals surface area contributed by atoms with Crippen molar-refractivity contribution in [2.24, 2.45) is 5.92 Å². The quantitative estimate of drug-likeness (QED) is 0.755. The van der Waals surface area contributed by atoms with E-state index < -0.39 is 0 Å². The van der Waals surface area contributed by atoms with Crippen LogP contribution in [0.5, 0.6) is 0 Å². The molecule has 0 fully saturated rings.